The zero-order valence-corrected chi connectivity index (χ0v) is 13.0. The maximum absolute atomic E-state index is 11.5. The molecule has 9 heteroatoms. The molecular weight excluding hydrogens is 294 g/mol. The maximum atomic E-state index is 11.5. The van der Waals surface area contributed by atoms with Gasteiger partial charge in [-0.3, -0.25) is 9.80 Å². The predicted molar refractivity (Wildman–Crippen MR) is 77.0 cm³/mol. The zero-order chi connectivity index (χ0) is 17.4. The Labute approximate surface area is 127 Å². The lowest BCUT2D eigenvalue weighted by Crippen LogP contribution is -2.38. The molecule has 0 aromatic carbocycles. The van der Waals surface area contributed by atoms with E-state index in [1.165, 1.54) is 6.92 Å². The van der Waals surface area contributed by atoms with E-state index in [0.29, 0.717) is 5.01 Å². The molecule has 0 aromatic heterocycles. The number of rotatable bonds is 3. The molecular formula is C13H19N3O6. The lowest BCUT2D eigenvalue weighted by molar-refractivity contribution is -0.137. The van der Waals surface area contributed by atoms with Gasteiger partial charge in [0.05, 0.1) is 7.11 Å². The monoisotopic (exact) mass is 313 g/mol. The second-order valence-corrected chi connectivity index (χ2v) is 3.67. The summed E-state index contributed by atoms with van der Waals surface area (Å²) < 4.78 is 9.25. The van der Waals surface area contributed by atoms with Crippen molar-refractivity contribution in [2.45, 2.75) is 27.7 Å². The van der Waals surface area contributed by atoms with Crippen LogP contribution in [-0.4, -0.2) is 40.8 Å². The first kappa shape index (κ1) is 19.3. The first-order valence-electron chi connectivity index (χ1n) is 6.34. The average Bonchev–Trinajstić information content (AvgIpc) is 2.47. The number of carboxylic acids is 1. The Hall–Kier alpha value is -2.68. The van der Waals surface area contributed by atoms with E-state index in [2.05, 4.69) is 9.73 Å². The Bertz CT molecular complexity index is 562. The number of aliphatic carboxylic acids is 1. The number of ether oxygens (including phenoxy) is 2. The van der Waals surface area contributed by atoms with Crippen molar-refractivity contribution in [2.24, 2.45) is 10.8 Å². The van der Waals surface area contributed by atoms with Gasteiger partial charge in [0.15, 0.2) is 11.5 Å². The van der Waals surface area contributed by atoms with Crippen LogP contribution in [0.3, 0.4) is 0 Å². The van der Waals surface area contributed by atoms with Gasteiger partial charge in [0.25, 0.3) is 0 Å². The Morgan fingerprint density at radius 1 is 1.27 bits per heavy atom. The summed E-state index contributed by atoms with van der Waals surface area (Å²) in [4.78, 5) is 37.3. The quantitative estimate of drug-likeness (QED) is 0.438. The van der Waals surface area contributed by atoms with Crippen LogP contribution < -0.4 is 5.84 Å². The second kappa shape index (κ2) is 8.57. The fraction of sp³-hybridized carbons (Fsp3) is 0.385. The van der Waals surface area contributed by atoms with E-state index in [4.69, 9.17) is 15.7 Å². The molecule has 1 rings (SSSR count). The lowest BCUT2D eigenvalue weighted by Gasteiger charge is -2.24. The third kappa shape index (κ3) is 4.70. The summed E-state index contributed by atoms with van der Waals surface area (Å²) in [5.74, 6) is 2.50. The average molecular weight is 313 g/mol. The third-order valence-electron chi connectivity index (χ3n) is 2.21. The summed E-state index contributed by atoms with van der Waals surface area (Å²) in [6.07, 6.45) is 0.957. The highest BCUT2D eigenvalue weighted by atomic mass is 16.5. The molecule has 1 heterocycles. The standard InChI is InChI=1S/C11H13N3O6.C2H6/c1-5(20-6(2)15)9-13-7(11(18)19-3)4-8(10(16)17)14(9)12;1-2/h4H,12H2,1-3H3,(H,16,17);1-2H3/b9-5+;. The first-order chi connectivity index (χ1) is 10.3. The molecule has 1 aliphatic rings. The highest BCUT2D eigenvalue weighted by molar-refractivity contribution is 6.42. The van der Waals surface area contributed by atoms with Gasteiger partial charge in [-0.1, -0.05) is 13.8 Å². The van der Waals surface area contributed by atoms with Crippen molar-refractivity contribution in [1.29, 1.82) is 0 Å². The van der Waals surface area contributed by atoms with E-state index in [-0.39, 0.29) is 17.3 Å². The summed E-state index contributed by atoms with van der Waals surface area (Å²) in [7, 11) is 1.12. The van der Waals surface area contributed by atoms with Gasteiger partial charge in [-0.2, -0.15) is 0 Å². The van der Waals surface area contributed by atoms with Gasteiger partial charge in [0.1, 0.15) is 11.5 Å². The highest BCUT2D eigenvalue weighted by Gasteiger charge is 2.28. The molecule has 1 aliphatic heterocycles. The lowest BCUT2D eigenvalue weighted by atomic mass is 10.2. The van der Waals surface area contributed by atoms with Crippen LogP contribution in [0.5, 0.6) is 0 Å². The van der Waals surface area contributed by atoms with E-state index < -0.39 is 23.6 Å². The number of hydrogen-bond donors (Lipinski definition) is 2. The normalized spacial score (nSPS) is 15.6. The molecule has 0 saturated carbocycles. The van der Waals surface area contributed by atoms with Crippen LogP contribution in [0.15, 0.2) is 28.3 Å². The Morgan fingerprint density at radius 3 is 2.23 bits per heavy atom. The Kier molecular flexibility index (Phi) is 7.53. The van der Waals surface area contributed by atoms with Crippen LogP contribution in [0.2, 0.25) is 0 Å². The smallest absolute Gasteiger partial charge is 0.356 e. The summed E-state index contributed by atoms with van der Waals surface area (Å²) in [5.41, 5.74) is -0.685. The Morgan fingerprint density at radius 2 is 1.82 bits per heavy atom. The minimum atomic E-state index is -1.38. The molecule has 9 nitrogen and oxygen atoms in total. The van der Waals surface area contributed by atoms with Crippen molar-refractivity contribution < 1.29 is 29.0 Å². The minimum absolute atomic E-state index is 0.0479. The van der Waals surface area contributed by atoms with E-state index in [1.54, 1.807) is 0 Å². The molecule has 22 heavy (non-hydrogen) atoms. The van der Waals surface area contributed by atoms with E-state index >= 15 is 0 Å². The number of methoxy groups -OCH3 is 1. The Balaban J connectivity index is 0.00000211. The molecule has 0 amide bonds. The largest absolute Gasteiger partial charge is 0.477 e. The molecule has 0 bridgehead atoms. The third-order valence-corrected chi connectivity index (χ3v) is 2.21. The molecule has 3 N–H and O–H groups in total. The fourth-order valence-corrected chi connectivity index (χ4v) is 1.40. The number of carboxylic acid groups (broad SMARTS) is 1. The van der Waals surface area contributed by atoms with Crippen molar-refractivity contribution in [1.82, 2.24) is 5.01 Å². The van der Waals surface area contributed by atoms with Gasteiger partial charge in [0, 0.05) is 13.0 Å². The number of hydrazine groups is 1. The van der Waals surface area contributed by atoms with Crippen LogP contribution in [-0.2, 0) is 23.9 Å². The number of carbonyl (C=O) groups is 3. The van der Waals surface area contributed by atoms with Gasteiger partial charge in [0.2, 0.25) is 0 Å². The number of hydrogen-bond acceptors (Lipinski definition) is 8. The summed E-state index contributed by atoms with van der Waals surface area (Å²) in [5, 5.41) is 9.74. The maximum Gasteiger partial charge on any atom is 0.356 e. The highest BCUT2D eigenvalue weighted by Crippen LogP contribution is 2.20. The number of allylic oxidation sites excluding steroid dienone is 1. The van der Waals surface area contributed by atoms with E-state index in [1.807, 2.05) is 13.8 Å². The van der Waals surface area contributed by atoms with Crippen molar-refractivity contribution >= 4 is 23.6 Å². The number of aliphatic imine (C=N–C) groups is 1. The summed E-state index contributed by atoms with van der Waals surface area (Å²) in [6.45, 7) is 6.52. The topological polar surface area (TPSA) is 132 Å². The van der Waals surface area contributed by atoms with Crippen LogP contribution in [0.1, 0.15) is 27.7 Å². The van der Waals surface area contributed by atoms with Crippen LogP contribution in [0.25, 0.3) is 0 Å². The molecule has 0 aromatic rings. The van der Waals surface area contributed by atoms with Crippen molar-refractivity contribution in [3.8, 4) is 0 Å². The van der Waals surface area contributed by atoms with Crippen LogP contribution >= 0.6 is 0 Å². The van der Waals surface area contributed by atoms with E-state index in [9.17, 15) is 14.4 Å². The fourth-order valence-electron chi connectivity index (χ4n) is 1.40. The van der Waals surface area contributed by atoms with Crippen molar-refractivity contribution in [3.05, 3.63) is 23.4 Å². The molecule has 0 spiro atoms. The first-order valence-corrected chi connectivity index (χ1v) is 6.34. The molecule has 0 unspecified atom stereocenters. The second-order valence-electron chi connectivity index (χ2n) is 3.67. The van der Waals surface area contributed by atoms with Gasteiger partial charge >= 0.3 is 17.9 Å². The predicted octanol–water partition coefficient (Wildman–Crippen LogP) is 0.537. The molecule has 0 radical (unpaired) electrons. The van der Waals surface area contributed by atoms with Crippen molar-refractivity contribution in [2.75, 3.05) is 7.11 Å². The number of carbonyl (C=O) groups excluding carboxylic acids is 2. The molecule has 0 fully saturated rings. The van der Waals surface area contributed by atoms with Gasteiger partial charge in [-0.25, -0.2) is 20.4 Å². The summed E-state index contributed by atoms with van der Waals surface area (Å²) in [6, 6.07) is 0. The van der Waals surface area contributed by atoms with Gasteiger partial charge < -0.3 is 14.6 Å². The van der Waals surface area contributed by atoms with Gasteiger partial charge in [-0.05, 0) is 6.92 Å². The molecule has 0 atom stereocenters. The van der Waals surface area contributed by atoms with Gasteiger partial charge in [-0.15, -0.1) is 0 Å². The SMILES string of the molecule is CC.COC(=O)C1=N/C(=C(/C)OC(C)=O)N(N)C(C(=O)O)=C1. The van der Waals surface area contributed by atoms with Crippen molar-refractivity contribution in [3.63, 3.8) is 0 Å². The molecule has 0 saturated heterocycles. The number of esters is 2. The minimum Gasteiger partial charge on any atom is -0.477 e. The number of nitrogens with two attached hydrogens (primary N) is 1. The summed E-state index contributed by atoms with van der Waals surface area (Å²) >= 11 is 0. The molecule has 122 valence electrons. The number of nitrogens with zero attached hydrogens (tertiary/aromatic N) is 2. The van der Waals surface area contributed by atoms with E-state index in [0.717, 1.165) is 20.1 Å². The molecule has 0 aliphatic carbocycles. The van der Waals surface area contributed by atoms with Crippen LogP contribution in [0, 0.1) is 0 Å². The van der Waals surface area contributed by atoms with Crippen LogP contribution in [0.4, 0.5) is 0 Å². The zero-order valence-electron chi connectivity index (χ0n) is 13.0.